The van der Waals surface area contributed by atoms with Gasteiger partial charge in [0.1, 0.15) is 18.2 Å². The Hall–Kier alpha value is -2.70. The molecule has 0 radical (unpaired) electrons. The molecule has 33 heavy (non-hydrogen) atoms. The van der Waals surface area contributed by atoms with Gasteiger partial charge in [0.25, 0.3) is 0 Å². The number of aromatic nitrogens is 2. The van der Waals surface area contributed by atoms with Gasteiger partial charge in [0.05, 0.1) is 17.6 Å². The molecule has 0 spiro atoms. The summed E-state index contributed by atoms with van der Waals surface area (Å²) in [6.07, 6.45) is 5.73. The van der Waals surface area contributed by atoms with Gasteiger partial charge in [-0.15, -0.1) is 6.42 Å². The van der Waals surface area contributed by atoms with Crippen molar-refractivity contribution in [2.45, 2.75) is 50.4 Å². The van der Waals surface area contributed by atoms with Crippen molar-refractivity contribution < 1.29 is 23.1 Å². The minimum atomic E-state index is -4.46. The number of hydrogen-bond donors (Lipinski definition) is 2. The van der Waals surface area contributed by atoms with Gasteiger partial charge in [0.15, 0.2) is 5.78 Å². The molecule has 4 rings (SSSR count). The van der Waals surface area contributed by atoms with Crippen molar-refractivity contribution in [2.75, 3.05) is 25.0 Å². The smallest absolute Gasteiger partial charge is 0.380 e. The number of terminal acetylenes is 1. The largest absolute Gasteiger partial charge is 0.416 e. The summed E-state index contributed by atoms with van der Waals surface area (Å²) < 4.78 is 39.1. The van der Waals surface area contributed by atoms with Gasteiger partial charge in [-0.05, 0) is 55.7 Å². The molecule has 6 nitrogen and oxygen atoms in total. The number of alkyl halides is 3. The zero-order chi connectivity index (χ0) is 23.6. The van der Waals surface area contributed by atoms with Gasteiger partial charge in [-0.25, -0.2) is 9.97 Å². The Balaban J connectivity index is 1.25. The maximum absolute atomic E-state index is 13.0. The van der Waals surface area contributed by atoms with Gasteiger partial charge in [-0.1, -0.05) is 5.92 Å². The number of fused-ring (bicyclic) bond motifs is 1. The molecule has 1 saturated heterocycles. The molecule has 1 aliphatic carbocycles. The van der Waals surface area contributed by atoms with Gasteiger partial charge >= 0.3 is 6.18 Å². The molecule has 1 unspecified atom stereocenters. The van der Waals surface area contributed by atoms with E-state index in [1.807, 2.05) is 0 Å². The highest BCUT2D eigenvalue weighted by molar-refractivity contribution is 5.91. The number of aliphatic hydroxyl groups is 1. The first-order valence-corrected chi connectivity index (χ1v) is 11.2. The van der Waals surface area contributed by atoms with Crippen LogP contribution in [0.25, 0.3) is 10.9 Å². The van der Waals surface area contributed by atoms with Gasteiger partial charge in [-0.3, -0.25) is 9.69 Å². The molecule has 2 fully saturated rings. The molecule has 0 amide bonds. The highest BCUT2D eigenvalue weighted by atomic mass is 19.4. The Morgan fingerprint density at radius 2 is 1.97 bits per heavy atom. The number of carbonyl (C=O) groups is 1. The summed E-state index contributed by atoms with van der Waals surface area (Å²) >= 11 is 0. The van der Waals surface area contributed by atoms with E-state index in [2.05, 4.69) is 26.1 Å². The number of benzene rings is 1. The Morgan fingerprint density at radius 3 is 2.64 bits per heavy atom. The zero-order valence-electron chi connectivity index (χ0n) is 18.2. The monoisotopic (exact) mass is 460 g/mol. The third-order valence-electron chi connectivity index (χ3n) is 6.79. The van der Waals surface area contributed by atoms with Crippen molar-refractivity contribution in [1.29, 1.82) is 0 Å². The summed E-state index contributed by atoms with van der Waals surface area (Å²) in [6, 6.07) is 3.77. The van der Waals surface area contributed by atoms with Gasteiger partial charge in [0, 0.05) is 30.9 Å². The summed E-state index contributed by atoms with van der Waals surface area (Å²) in [5.41, 5.74) is -0.399. The SMILES string of the molecule is C#CC(O)C1CCC(N2CC(CC(=O)CNc3ncnc4ccc(C(F)(F)F)cc34)C2)CC1. The van der Waals surface area contributed by atoms with Crippen LogP contribution in [0.2, 0.25) is 0 Å². The van der Waals surface area contributed by atoms with Crippen molar-refractivity contribution in [3.05, 3.63) is 30.1 Å². The van der Waals surface area contributed by atoms with Crippen LogP contribution in [-0.4, -0.2) is 57.5 Å². The molecule has 9 heteroatoms. The predicted molar refractivity (Wildman–Crippen MR) is 118 cm³/mol. The van der Waals surface area contributed by atoms with E-state index in [-0.39, 0.29) is 35.4 Å². The Morgan fingerprint density at radius 1 is 1.24 bits per heavy atom. The van der Waals surface area contributed by atoms with Crippen molar-refractivity contribution in [2.24, 2.45) is 11.8 Å². The zero-order valence-corrected chi connectivity index (χ0v) is 18.2. The molecule has 2 heterocycles. The normalized spacial score (nSPS) is 23.0. The number of rotatable bonds is 7. The van der Waals surface area contributed by atoms with Crippen LogP contribution in [0.3, 0.4) is 0 Å². The fourth-order valence-corrected chi connectivity index (χ4v) is 4.91. The van der Waals surface area contributed by atoms with E-state index in [9.17, 15) is 23.1 Å². The van der Waals surface area contributed by atoms with Crippen molar-refractivity contribution in [3.63, 3.8) is 0 Å². The maximum atomic E-state index is 13.0. The highest BCUT2D eigenvalue weighted by Gasteiger charge is 2.36. The number of likely N-dealkylation sites (tertiary alicyclic amines) is 1. The van der Waals surface area contributed by atoms with Crippen LogP contribution in [0, 0.1) is 24.2 Å². The summed E-state index contributed by atoms with van der Waals surface area (Å²) in [5.74, 6) is 3.11. The molecule has 1 aromatic heterocycles. The molecular formula is C24H27F3N4O2. The van der Waals surface area contributed by atoms with Crippen LogP contribution >= 0.6 is 0 Å². The summed E-state index contributed by atoms with van der Waals surface area (Å²) in [4.78, 5) is 22.9. The third kappa shape index (κ3) is 5.45. The number of halogens is 3. The quantitative estimate of drug-likeness (QED) is 0.616. The van der Waals surface area contributed by atoms with E-state index in [0.29, 0.717) is 18.0 Å². The summed E-state index contributed by atoms with van der Waals surface area (Å²) in [7, 11) is 0. The van der Waals surface area contributed by atoms with Crippen LogP contribution in [0.5, 0.6) is 0 Å². The average molecular weight is 461 g/mol. The molecule has 0 bridgehead atoms. The van der Waals surface area contributed by atoms with Gasteiger partial charge < -0.3 is 10.4 Å². The van der Waals surface area contributed by atoms with E-state index >= 15 is 0 Å². The fraction of sp³-hybridized carbons (Fsp3) is 0.542. The second-order valence-electron chi connectivity index (χ2n) is 9.05. The number of nitrogens with zero attached hydrogens (tertiary/aromatic N) is 3. The Labute approximate surface area is 190 Å². The standard InChI is InChI=1S/C24H27F3N4O2/c1-2-22(33)16-3-6-18(7-4-16)31-12-15(13-31)9-19(32)11-28-23-20-10-17(24(25,26)27)5-8-21(20)29-14-30-23/h1,5,8,10,14-16,18,22,33H,3-4,6-7,9,11-13H2,(H,28,29,30). The number of anilines is 1. The molecule has 2 N–H and O–H groups in total. The van der Waals surface area contributed by atoms with Crippen molar-refractivity contribution in [3.8, 4) is 12.3 Å². The van der Waals surface area contributed by atoms with Crippen LogP contribution in [0.4, 0.5) is 19.0 Å². The van der Waals surface area contributed by atoms with Crippen molar-refractivity contribution >= 4 is 22.5 Å². The molecule has 1 atom stereocenters. The molecule has 2 aliphatic rings. The maximum Gasteiger partial charge on any atom is 0.416 e. The van der Waals surface area contributed by atoms with Gasteiger partial charge in [0.2, 0.25) is 0 Å². The molecule has 1 aromatic carbocycles. The summed E-state index contributed by atoms with van der Waals surface area (Å²) in [6.45, 7) is 1.74. The lowest BCUT2D eigenvalue weighted by Crippen LogP contribution is -2.53. The first kappa shape index (κ1) is 23.5. The molecule has 1 aliphatic heterocycles. The third-order valence-corrected chi connectivity index (χ3v) is 6.79. The highest BCUT2D eigenvalue weighted by Crippen LogP contribution is 2.34. The summed E-state index contributed by atoms with van der Waals surface area (Å²) in [5, 5.41) is 12.9. The second-order valence-corrected chi connectivity index (χ2v) is 9.05. The van der Waals surface area contributed by atoms with Crippen LogP contribution in [0.1, 0.15) is 37.7 Å². The Kier molecular flexibility index (Phi) is 6.86. The van der Waals surface area contributed by atoms with Gasteiger partial charge in [-0.2, -0.15) is 13.2 Å². The molecule has 2 aromatic rings. The molecule has 1 saturated carbocycles. The second kappa shape index (κ2) is 9.65. The lowest BCUT2D eigenvalue weighted by molar-refractivity contribution is -0.137. The first-order valence-electron chi connectivity index (χ1n) is 11.2. The number of carbonyl (C=O) groups excluding carboxylic acids is 1. The van der Waals surface area contributed by atoms with E-state index in [1.165, 1.54) is 12.4 Å². The minimum absolute atomic E-state index is 0.000705. The molecular weight excluding hydrogens is 433 g/mol. The van der Waals surface area contributed by atoms with Crippen LogP contribution < -0.4 is 5.32 Å². The fourth-order valence-electron chi connectivity index (χ4n) is 4.91. The van der Waals surface area contributed by atoms with Crippen LogP contribution in [0.15, 0.2) is 24.5 Å². The average Bonchev–Trinajstić information content (AvgIpc) is 2.78. The lowest BCUT2D eigenvalue weighted by atomic mass is 9.80. The minimum Gasteiger partial charge on any atom is -0.380 e. The van der Waals surface area contributed by atoms with Crippen molar-refractivity contribution in [1.82, 2.24) is 14.9 Å². The molecule has 176 valence electrons. The van der Waals surface area contributed by atoms with E-state index < -0.39 is 17.8 Å². The number of hydrogen-bond acceptors (Lipinski definition) is 6. The number of Topliss-reactive ketones (excluding diaryl/α,β-unsaturated/α-hetero) is 1. The topological polar surface area (TPSA) is 78.4 Å². The first-order chi connectivity index (χ1) is 15.7. The number of ketones is 1. The number of nitrogens with one attached hydrogen (secondary N) is 1. The lowest BCUT2D eigenvalue weighted by Gasteiger charge is -2.46. The van der Waals surface area contributed by atoms with E-state index in [0.717, 1.165) is 50.9 Å². The Bertz CT molecular complexity index is 1040. The van der Waals surface area contributed by atoms with E-state index in [4.69, 9.17) is 6.42 Å². The van der Waals surface area contributed by atoms with Crippen LogP contribution in [-0.2, 0) is 11.0 Å². The predicted octanol–water partition coefficient (Wildman–Crippen LogP) is 3.50. The number of aliphatic hydroxyl groups excluding tert-OH is 1. The van der Waals surface area contributed by atoms with E-state index in [1.54, 1.807) is 0 Å².